The monoisotopic (exact) mass is 471 g/mol. The molecule has 6 nitrogen and oxygen atoms in total. The molecular weight excluding hydrogens is 450 g/mol. The van der Waals surface area contributed by atoms with Gasteiger partial charge in [-0.2, -0.15) is 0 Å². The third-order valence-corrected chi connectivity index (χ3v) is 8.21. The number of carbonyl (C=O) groups is 2. The van der Waals surface area contributed by atoms with E-state index in [1.807, 2.05) is 29.3 Å². The SMILES string of the molecule is Cc1nc2c(cc(OCC(=O)NCCC(=O)N3CCc4sccc4C3)c3ccsc32)s1. The molecule has 0 saturated heterocycles. The van der Waals surface area contributed by atoms with Gasteiger partial charge in [-0.25, -0.2) is 4.98 Å². The summed E-state index contributed by atoms with van der Waals surface area (Å²) in [6.45, 7) is 3.65. The second kappa shape index (κ2) is 8.57. The molecule has 0 saturated carbocycles. The largest absolute Gasteiger partial charge is 0.483 e. The van der Waals surface area contributed by atoms with Gasteiger partial charge in [-0.15, -0.1) is 34.0 Å². The Hall–Kier alpha value is -2.49. The lowest BCUT2D eigenvalue weighted by Crippen LogP contribution is -2.38. The Morgan fingerprint density at radius 1 is 1.26 bits per heavy atom. The fourth-order valence-electron chi connectivity index (χ4n) is 3.83. The fourth-order valence-corrected chi connectivity index (χ4v) is 6.55. The number of aromatic nitrogens is 1. The number of benzene rings is 1. The summed E-state index contributed by atoms with van der Waals surface area (Å²) in [4.78, 5) is 32.6. The van der Waals surface area contributed by atoms with Crippen LogP contribution in [0.3, 0.4) is 0 Å². The van der Waals surface area contributed by atoms with Crippen molar-refractivity contribution in [3.63, 3.8) is 0 Å². The number of nitrogens with one attached hydrogen (secondary N) is 1. The zero-order valence-electron chi connectivity index (χ0n) is 17.0. The average Bonchev–Trinajstić information content (AvgIpc) is 3.49. The minimum Gasteiger partial charge on any atom is -0.483 e. The summed E-state index contributed by atoms with van der Waals surface area (Å²) < 4.78 is 7.98. The van der Waals surface area contributed by atoms with E-state index < -0.39 is 0 Å². The summed E-state index contributed by atoms with van der Waals surface area (Å²) in [5.74, 6) is 0.540. The number of aryl methyl sites for hydroxylation is 1. The van der Waals surface area contributed by atoms with Crippen LogP contribution in [0.5, 0.6) is 5.75 Å². The van der Waals surface area contributed by atoms with E-state index >= 15 is 0 Å². The highest BCUT2D eigenvalue weighted by atomic mass is 32.1. The molecule has 1 N–H and O–H groups in total. The summed E-state index contributed by atoms with van der Waals surface area (Å²) >= 11 is 5.00. The van der Waals surface area contributed by atoms with Crippen molar-refractivity contribution in [2.24, 2.45) is 0 Å². The molecule has 0 atom stereocenters. The molecule has 0 radical (unpaired) electrons. The number of hydrogen-bond donors (Lipinski definition) is 1. The van der Waals surface area contributed by atoms with Crippen molar-refractivity contribution in [2.45, 2.75) is 26.3 Å². The molecule has 0 bridgehead atoms. The van der Waals surface area contributed by atoms with E-state index in [4.69, 9.17) is 4.74 Å². The van der Waals surface area contributed by atoms with Crippen molar-refractivity contribution >= 4 is 66.1 Å². The number of hydrogen-bond acceptors (Lipinski definition) is 7. The highest BCUT2D eigenvalue weighted by molar-refractivity contribution is 7.21. The number of nitrogens with zero attached hydrogens (tertiary/aromatic N) is 2. The third kappa shape index (κ3) is 4.17. The van der Waals surface area contributed by atoms with E-state index in [-0.39, 0.29) is 18.4 Å². The summed E-state index contributed by atoms with van der Waals surface area (Å²) in [7, 11) is 0. The van der Waals surface area contributed by atoms with Gasteiger partial charge >= 0.3 is 0 Å². The van der Waals surface area contributed by atoms with Gasteiger partial charge in [-0.3, -0.25) is 9.59 Å². The van der Waals surface area contributed by atoms with E-state index in [0.717, 1.165) is 38.3 Å². The number of thiophene rings is 2. The van der Waals surface area contributed by atoms with Crippen LogP contribution in [0.1, 0.15) is 21.9 Å². The summed E-state index contributed by atoms with van der Waals surface area (Å²) in [6, 6.07) is 6.05. The van der Waals surface area contributed by atoms with E-state index in [0.29, 0.717) is 25.3 Å². The van der Waals surface area contributed by atoms with E-state index in [9.17, 15) is 9.59 Å². The molecule has 31 heavy (non-hydrogen) atoms. The van der Waals surface area contributed by atoms with Crippen molar-refractivity contribution in [3.05, 3.63) is 44.4 Å². The first-order valence-corrected chi connectivity index (χ1v) is 12.7. The normalized spacial score (nSPS) is 13.5. The number of rotatable bonds is 6. The van der Waals surface area contributed by atoms with Crippen LogP contribution in [0.25, 0.3) is 20.3 Å². The minimum absolute atomic E-state index is 0.0732. The van der Waals surface area contributed by atoms with Crippen LogP contribution in [0.15, 0.2) is 29.0 Å². The van der Waals surface area contributed by atoms with Gasteiger partial charge in [0.15, 0.2) is 6.61 Å². The zero-order valence-corrected chi connectivity index (χ0v) is 19.4. The van der Waals surface area contributed by atoms with Crippen LogP contribution in [0.4, 0.5) is 0 Å². The molecule has 4 heterocycles. The Kier molecular flexibility index (Phi) is 5.64. The van der Waals surface area contributed by atoms with Gasteiger partial charge < -0.3 is 15.0 Å². The molecule has 0 aliphatic carbocycles. The van der Waals surface area contributed by atoms with Gasteiger partial charge in [0.1, 0.15) is 5.75 Å². The Bertz CT molecular complexity index is 1270. The molecule has 0 unspecified atom stereocenters. The first kappa shape index (κ1) is 20.4. The molecule has 0 fully saturated rings. The lowest BCUT2D eigenvalue weighted by molar-refractivity contribution is -0.132. The van der Waals surface area contributed by atoms with Crippen LogP contribution < -0.4 is 10.1 Å². The summed E-state index contributed by atoms with van der Waals surface area (Å²) in [5, 5.41) is 8.88. The second-order valence-electron chi connectivity index (χ2n) is 7.44. The minimum atomic E-state index is -0.226. The molecule has 5 rings (SSSR count). The van der Waals surface area contributed by atoms with Crippen molar-refractivity contribution in [1.29, 1.82) is 0 Å². The maximum absolute atomic E-state index is 12.5. The lowest BCUT2D eigenvalue weighted by Gasteiger charge is -2.27. The maximum atomic E-state index is 12.5. The molecule has 3 aromatic heterocycles. The Morgan fingerprint density at radius 3 is 3.03 bits per heavy atom. The summed E-state index contributed by atoms with van der Waals surface area (Å²) in [6.07, 6.45) is 1.21. The topological polar surface area (TPSA) is 71.5 Å². The molecule has 4 aromatic rings. The first-order valence-electron chi connectivity index (χ1n) is 10.1. The van der Waals surface area contributed by atoms with E-state index in [2.05, 4.69) is 21.7 Å². The van der Waals surface area contributed by atoms with E-state index in [1.54, 1.807) is 34.0 Å². The maximum Gasteiger partial charge on any atom is 0.257 e. The van der Waals surface area contributed by atoms with Gasteiger partial charge in [0.2, 0.25) is 5.91 Å². The number of thiazole rings is 1. The highest BCUT2D eigenvalue weighted by Gasteiger charge is 2.21. The number of fused-ring (bicyclic) bond motifs is 4. The number of ether oxygens (including phenoxy) is 1. The molecule has 2 amide bonds. The molecule has 1 aliphatic rings. The van der Waals surface area contributed by atoms with Crippen molar-refractivity contribution < 1.29 is 14.3 Å². The molecule has 160 valence electrons. The Labute approximate surface area is 191 Å². The third-order valence-electron chi connectivity index (χ3n) is 5.35. The van der Waals surface area contributed by atoms with Crippen LogP contribution in [0, 0.1) is 6.92 Å². The first-order chi connectivity index (χ1) is 15.1. The smallest absolute Gasteiger partial charge is 0.257 e. The van der Waals surface area contributed by atoms with Crippen molar-refractivity contribution in [2.75, 3.05) is 19.7 Å². The standard InChI is InChI=1S/C22H21N3O3S3/c1-13-24-21-18(31-13)10-16(15-5-9-30-22(15)21)28-12-19(26)23-6-2-20(27)25-7-3-17-14(11-25)4-8-29-17/h4-5,8-10H,2-3,6-7,11-12H2,1H3,(H,23,26). The van der Waals surface area contributed by atoms with Gasteiger partial charge in [-0.1, -0.05) is 0 Å². The Balaban J connectivity index is 1.14. The van der Waals surface area contributed by atoms with Crippen LogP contribution >= 0.6 is 34.0 Å². The number of carbonyl (C=O) groups excluding carboxylic acids is 2. The van der Waals surface area contributed by atoms with Crippen molar-refractivity contribution in [1.82, 2.24) is 15.2 Å². The van der Waals surface area contributed by atoms with Crippen LogP contribution in [0.2, 0.25) is 0 Å². The van der Waals surface area contributed by atoms with Gasteiger partial charge in [0.25, 0.3) is 5.91 Å². The molecular formula is C22H21N3O3S3. The average molecular weight is 472 g/mol. The predicted molar refractivity (Wildman–Crippen MR) is 126 cm³/mol. The quantitative estimate of drug-likeness (QED) is 0.454. The molecule has 1 aromatic carbocycles. The zero-order chi connectivity index (χ0) is 21.4. The molecule has 0 spiro atoms. The van der Waals surface area contributed by atoms with Crippen LogP contribution in [-0.2, 0) is 22.6 Å². The lowest BCUT2D eigenvalue weighted by atomic mass is 10.1. The summed E-state index contributed by atoms with van der Waals surface area (Å²) in [5.41, 5.74) is 2.24. The van der Waals surface area contributed by atoms with E-state index in [1.165, 1.54) is 10.4 Å². The highest BCUT2D eigenvalue weighted by Crippen LogP contribution is 2.38. The number of amides is 2. The van der Waals surface area contributed by atoms with Crippen LogP contribution in [-0.4, -0.2) is 41.4 Å². The second-order valence-corrected chi connectivity index (χ2v) is 10.6. The van der Waals surface area contributed by atoms with Gasteiger partial charge in [0.05, 0.1) is 19.9 Å². The van der Waals surface area contributed by atoms with Gasteiger partial charge in [0, 0.05) is 42.4 Å². The van der Waals surface area contributed by atoms with Gasteiger partial charge in [-0.05, 0) is 41.8 Å². The fraction of sp³-hybridized carbons (Fsp3) is 0.318. The molecule has 1 aliphatic heterocycles. The van der Waals surface area contributed by atoms with Crippen molar-refractivity contribution in [3.8, 4) is 5.75 Å². The Morgan fingerprint density at radius 2 is 2.13 bits per heavy atom. The predicted octanol–water partition coefficient (Wildman–Crippen LogP) is 4.35. The molecule has 9 heteroatoms.